The van der Waals surface area contributed by atoms with E-state index < -0.39 is 0 Å². The van der Waals surface area contributed by atoms with Crippen LogP contribution in [0.5, 0.6) is 0 Å². The predicted octanol–water partition coefficient (Wildman–Crippen LogP) is 3.19. The minimum Gasteiger partial charge on any atom is -0.323 e. The van der Waals surface area contributed by atoms with Crippen molar-refractivity contribution < 1.29 is 9.18 Å². The zero-order chi connectivity index (χ0) is 13.9. The Kier molecular flexibility index (Phi) is 3.30. The summed E-state index contributed by atoms with van der Waals surface area (Å²) >= 11 is 1.53. The lowest BCUT2D eigenvalue weighted by atomic mass is 10.3. The number of aromatic nitrogens is 2. The fourth-order valence-electron chi connectivity index (χ4n) is 1.75. The summed E-state index contributed by atoms with van der Waals surface area (Å²) in [5, 5.41) is 4.58. The van der Waals surface area contributed by atoms with E-state index >= 15 is 0 Å². The van der Waals surface area contributed by atoms with E-state index in [0.717, 1.165) is 10.7 Å². The van der Waals surface area contributed by atoms with Gasteiger partial charge in [0, 0.05) is 23.3 Å². The summed E-state index contributed by atoms with van der Waals surface area (Å²) in [6, 6.07) is 5.62. The average molecular weight is 287 g/mol. The third-order valence-electron chi connectivity index (χ3n) is 2.69. The molecule has 4 nitrogen and oxygen atoms in total. The Morgan fingerprint density at radius 3 is 2.95 bits per heavy atom. The van der Waals surface area contributed by atoms with Gasteiger partial charge in [-0.3, -0.25) is 9.20 Å². The van der Waals surface area contributed by atoms with Gasteiger partial charge in [0.25, 0.3) is 0 Å². The van der Waals surface area contributed by atoms with Crippen LogP contribution in [0.3, 0.4) is 0 Å². The lowest BCUT2D eigenvalue weighted by Gasteiger charge is -2.00. The van der Waals surface area contributed by atoms with Crippen LogP contribution >= 0.6 is 11.3 Å². The number of rotatable bonds is 3. The Balaban J connectivity index is 1.71. The van der Waals surface area contributed by atoms with Gasteiger partial charge in [0.1, 0.15) is 5.82 Å². The van der Waals surface area contributed by atoms with Crippen molar-refractivity contribution in [1.82, 2.24) is 9.38 Å². The van der Waals surface area contributed by atoms with E-state index in [1.807, 2.05) is 16.0 Å². The number of fused-ring (bicyclic) bond motifs is 1. The first kappa shape index (κ1) is 12.6. The Hall–Kier alpha value is -2.47. The zero-order valence-corrected chi connectivity index (χ0v) is 11.1. The highest BCUT2D eigenvalue weighted by atomic mass is 32.1. The third kappa shape index (κ3) is 2.60. The first-order valence-electron chi connectivity index (χ1n) is 5.87. The van der Waals surface area contributed by atoms with E-state index in [1.165, 1.54) is 41.7 Å². The van der Waals surface area contributed by atoms with Gasteiger partial charge in [0.05, 0.1) is 11.9 Å². The number of imidazole rings is 1. The highest BCUT2D eigenvalue weighted by Gasteiger charge is 2.02. The maximum atomic E-state index is 12.7. The van der Waals surface area contributed by atoms with Crippen LogP contribution in [0.15, 0.2) is 48.1 Å². The number of amides is 1. The van der Waals surface area contributed by atoms with E-state index in [-0.39, 0.29) is 11.7 Å². The SMILES string of the molecule is O=C(/C=C/c1cnc2sccn12)Nc1ccc(F)cc1. The maximum absolute atomic E-state index is 12.7. The number of halogens is 1. The topological polar surface area (TPSA) is 46.4 Å². The molecule has 6 heteroatoms. The van der Waals surface area contributed by atoms with Crippen LogP contribution in [0, 0.1) is 5.82 Å². The van der Waals surface area contributed by atoms with Crippen LogP contribution in [0.25, 0.3) is 11.0 Å². The molecular weight excluding hydrogens is 277 g/mol. The molecular formula is C14H10FN3OS. The summed E-state index contributed by atoms with van der Waals surface area (Å²) in [5.41, 5.74) is 1.38. The number of benzene rings is 1. The van der Waals surface area contributed by atoms with Gasteiger partial charge in [-0.15, -0.1) is 11.3 Å². The second kappa shape index (κ2) is 5.26. The first-order chi connectivity index (χ1) is 9.72. The first-order valence-corrected chi connectivity index (χ1v) is 6.75. The van der Waals surface area contributed by atoms with E-state index in [1.54, 1.807) is 12.3 Å². The molecule has 0 unspecified atom stereocenters. The molecule has 0 fully saturated rings. The molecule has 0 saturated heterocycles. The van der Waals surface area contributed by atoms with Crippen LogP contribution in [-0.4, -0.2) is 15.3 Å². The van der Waals surface area contributed by atoms with Gasteiger partial charge < -0.3 is 5.32 Å². The molecule has 0 aliphatic carbocycles. The number of nitrogens with zero attached hydrogens (tertiary/aromatic N) is 2. The largest absolute Gasteiger partial charge is 0.323 e. The molecule has 0 radical (unpaired) electrons. The molecule has 1 N–H and O–H groups in total. The third-order valence-corrected chi connectivity index (χ3v) is 3.46. The maximum Gasteiger partial charge on any atom is 0.248 e. The summed E-state index contributed by atoms with van der Waals surface area (Å²) < 4.78 is 14.6. The van der Waals surface area contributed by atoms with Crippen molar-refractivity contribution in [3.8, 4) is 0 Å². The van der Waals surface area contributed by atoms with Crippen molar-refractivity contribution in [1.29, 1.82) is 0 Å². The minimum absolute atomic E-state index is 0.276. The van der Waals surface area contributed by atoms with Crippen LogP contribution in [0.1, 0.15) is 5.69 Å². The second-order valence-electron chi connectivity index (χ2n) is 4.07. The second-order valence-corrected chi connectivity index (χ2v) is 4.94. The number of anilines is 1. The smallest absolute Gasteiger partial charge is 0.248 e. The minimum atomic E-state index is -0.336. The van der Waals surface area contributed by atoms with Crippen LogP contribution in [0.4, 0.5) is 10.1 Å². The Bertz CT molecular complexity index is 773. The van der Waals surface area contributed by atoms with Crippen molar-refractivity contribution in [2.75, 3.05) is 5.32 Å². The van der Waals surface area contributed by atoms with Crippen molar-refractivity contribution in [2.45, 2.75) is 0 Å². The fourth-order valence-corrected chi connectivity index (χ4v) is 2.44. The van der Waals surface area contributed by atoms with E-state index in [9.17, 15) is 9.18 Å². The highest BCUT2D eigenvalue weighted by Crippen LogP contribution is 2.14. The molecule has 2 heterocycles. The normalized spacial score (nSPS) is 11.2. The number of carbonyl (C=O) groups excluding carboxylic acids is 1. The van der Waals surface area contributed by atoms with Crippen molar-refractivity contribution in [3.63, 3.8) is 0 Å². The molecule has 0 aliphatic rings. The van der Waals surface area contributed by atoms with Crippen molar-refractivity contribution in [3.05, 3.63) is 59.6 Å². The molecule has 0 bridgehead atoms. The zero-order valence-electron chi connectivity index (χ0n) is 10.3. The van der Waals surface area contributed by atoms with Crippen molar-refractivity contribution >= 4 is 34.0 Å². The summed E-state index contributed by atoms with van der Waals surface area (Å²) in [4.78, 5) is 16.8. The van der Waals surface area contributed by atoms with Gasteiger partial charge in [-0.2, -0.15) is 0 Å². The molecule has 1 aromatic carbocycles. The van der Waals surface area contributed by atoms with Gasteiger partial charge in [-0.05, 0) is 30.3 Å². The average Bonchev–Trinajstić information content (AvgIpc) is 3.02. The fraction of sp³-hybridized carbons (Fsp3) is 0. The van der Waals surface area contributed by atoms with Gasteiger partial charge in [-0.25, -0.2) is 9.37 Å². The number of hydrogen-bond acceptors (Lipinski definition) is 3. The van der Waals surface area contributed by atoms with Crippen LogP contribution in [-0.2, 0) is 4.79 Å². The van der Waals surface area contributed by atoms with Crippen LogP contribution in [0.2, 0.25) is 0 Å². The van der Waals surface area contributed by atoms with Gasteiger partial charge in [0.2, 0.25) is 5.91 Å². The lowest BCUT2D eigenvalue weighted by Crippen LogP contribution is -2.07. The standard InChI is InChI=1S/C14H10FN3OS/c15-10-1-3-11(4-2-10)17-13(19)6-5-12-9-16-14-18(12)7-8-20-14/h1-9H,(H,17,19)/b6-5+. The summed E-state index contributed by atoms with van der Waals surface area (Å²) in [7, 11) is 0. The Morgan fingerprint density at radius 1 is 1.35 bits per heavy atom. The molecule has 0 aliphatic heterocycles. The number of thiazole rings is 1. The van der Waals surface area contributed by atoms with Crippen LogP contribution < -0.4 is 5.32 Å². The molecule has 100 valence electrons. The summed E-state index contributed by atoms with van der Waals surface area (Å²) in [6.45, 7) is 0. The van der Waals surface area contributed by atoms with Gasteiger partial charge in [0.15, 0.2) is 4.96 Å². The molecule has 0 saturated carbocycles. The Morgan fingerprint density at radius 2 is 2.15 bits per heavy atom. The summed E-state index contributed by atoms with van der Waals surface area (Å²) in [5.74, 6) is -0.612. The highest BCUT2D eigenvalue weighted by molar-refractivity contribution is 7.15. The number of nitrogens with one attached hydrogen (secondary N) is 1. The van der Waals surface area contributed by atoms with E-state index in [0.29, 0.717) is 5.69 Å². The van der Waals surface area contributed by atoms with E-state index in [2.05, 4.69) is 10.3 Å². The molecule has 2 aromatic heterocycles. The number of hydrogen-bond donors (Lipinski definition) is 1. The quantitative estimate of drug-likeness (QED) is 0.752. The predicted molar refractivity (Wildman–Crippen MR) is 77.1 cm³/mol. The summed E-state index contributed by atoms with van der Waals surface area (Å²) in [6.07, 6.45) is 6.70. The molecule has 3 rings (SSSR count). The monoisotopic (exact) mass is 287 g/mol. The number of carbonyl (C=O) groups is 1. The molecule has 0 spiro atoms. The van der Waals surface area contributed by atoms with E-state index in [4.69, 9.17) is 0 Å². The molecule has 3 aromatic rings. The van der Waals surface area contributed by atoms with Crippen molar-refractivity contribution in [2.24, 2.45) is 0 Å². The molecule has 1 amide bonds. The molecule has 0 atom stereocenters. The Labute approximate surface area is 118 Å². The molecule has 20 heavy (non-hydrogen) atoms. The lowest BCUT2D eigenvalue weighted by molar-refractivity contribution is -0.111. The van der Waals surface area contributed by atoms with Gasteiger partial charge >= 0.3 is 0 Å². The van der Waals surface area contributed by atoms with Gasteiger partial charge in [-0.1, -0.05) is 0 Å².